The van der Waals surface area contributed by atoms with Crippen molar-refractivity contribution in [1.82, 2.24) is 5.32 Å². The van der Waals surface area contributed by atoms with Gasteiger partial charge in [-0.05, 0) is 50.6 Å². The molecule has 25 heavy (non-hydrogen) atoms. The highest BCUT2D eigenvalue weighted by Crippen LogP contribution is 2.26. The summed E-state index contributed by atoms with van der Waals surface area (Å²) >= 11 is 0. The van der Waals surface area contributed by atoms with Gasteiger partial charge in [-0.15, -0.1) is 0 Å². The number of nitrogens with one attached hydrogen (secondary N) is 1. The SMILES string of the molecule is COc1ccccc1O[C@H](C)C(=O)NCc1ccc(OC(C)C)cc1. The first-order chi connectivity index (χ1) is 12.0. The molecule has 0 fully saturated rings. The predicted octanol–water partition coefficient (Wildman–Crippen LogP) is 3.57. The molecule has 1 atom stereocenters. The minimum atomic E-state index is -0.625. The highest BCUT2D eigenvalue weighted by atomic mass is 16.5. The van der Waals surface area contributed by atoms with Gasteiger partial charge in [-0.2, -0.15) is 0 Å². The molecule has 0 aliphatic carbocycles. The van der Waals surface area contributed by atoms with Crippen LogP contribution in [0.15, 0.2) is 48.5 Å². The number of carbonyl (C=O) groups is 1. The van der Waals surface area contributed by atoms with E-state index >= 15 is 0 Å². The quantitative estimate of drug-likeness (QED) is 0.796. The van der Waals surface area contributed by atoms with Crippen LogP contribution in [-0.2, 0) is 11.3 Å². The lowest BCUT2D eigenvalue weighted by Crippen LogP contribution is -2.35. The first kappa shape index (κ1) is 18.6. The average molecular weight is 343 g/mol. The molecule has 2 aromatic carbocycles. The molecule has 0 aliphatic heterocycles. The minimum Gasteiger partial charge on any atom is -0.493 e. The normalized spacial score (nSPS) is 11.7. The van der Waals surface area contributed by atoms with Crippen LogP contribution >= 0.6 is 0 Å². The van der Waals surface area contributed by atoms with Gasteiger partial charge >= 0.3 is 0 Å². The minimum absolute atomic E-state index is 0.138. The predicted molar refractivity (Wildman–Crippen MR) is 97.1 cm³/mol. The Hall–Kier alpha value is -2.69. The van der Waals surface area contributed by atoms with E-state index in [1.807, 2.05) is 50.2 Å². The van der Waals surface area contributed by atoms with Crippen LogP contribution in [0.4, 0.5) is 0 Å². The Kier molecular flexibility index (Phi) is 6.69. The molecule has 0 unspecified atom stereocenters. The van der Waals surface area contributed by atoms with Crippen LogP contribution in [0.5, 0.6) is 17.2 Å². The van der Waals surface area contributed by atoms with Gasteiger partial charge in [-0.25, -0.2) is 0 Å². The number of hydrogen-bond acceptors (Lipinski definition) is 4. The summed E-state index contributed by atoms with van der Waals surface area (Å²) in [6.07, 6.45) is -0.488. The summed E-state index contributed by atoms with van der Waals surface area (Å²) in [5.41, 5.74) is 0.994. The zero-order chi connectivity index (χ0) is 18.2. The van der Waals surface area contributed by atoms with Gasteiger partial charge in [-0.3, -0.25) is 4.79 Å². The topological polar surface area (TPSA) is 56.8 Å². The number of methoxy groups -OCH3 is 1. The third-order valence-electron chi connectivity index (χ3n) is 3.50. The lowest BCUT2D eigenvalue weighted by molar-refractivity contribution is -0.127. The Morgan fingerprint density at radius 2 is 1.60 bits per heavy atom. The summed E-state index contributed by atoms with van der Waals surface area (Å²) in [5.74, 6) is 1.78. The van der Waals surface area contributed by atoms with Gasteiger partial charge in [-0.1, -0.05) is 24.3 Å². The molecule has 5 nitrogen and oxygen atoms in total. The van der Waals surface area contributed by atoms with Gasteiger partial charge in [0.05, 0.1) is 13.2 Å². The lowest BCUT2D eigenvalue weighted by Gasteiger charge is -2.16. The van der Waals surface area contributed by atoms with Crippen LogP contribution in [0, 0.1) is 0 Å². The molecule has 2 aromatic rings. The Bertz CT molecular complexity index is 682. The molecule has 0 saturated carbocycles. The van der Waals surface area contributed by atoms with Crippen molar-refractivity contribution in [3.05, 3.63) is 54.1 Å². The molecule has 1 N–H and O–H groups in total. The number of para-hydroxylation sites is 2. The van der Waals surface area contributed by atoms with E-state index < -0.39 is 6.10 Å². The third-order valence-corrected chi connectivity index (χ3v) is 3.50. The van der Waals surface area contributed by atoms with E-state index in [4.69, 9.17) is 14.2 Å². The van der Waals surface area contributed by atoms with Crippen LogP contribution < -0.4 is 19.5 Å². The average Bonchev–Trinajstić information content (AvgIpc) is 2.60. The zero-order valence-electron chi connectivity index (χ0n) is 15.1. The van der Waals surface area contributed by atoms with Crippen LogP contribution in [0.3, 0.4) is 0 Å². The van der Waals surface area contributed by atoms with Crippen molar-refractivity contribution in [2.24, 2.45) is 0 Å². The van der Waals surface area contributed by atoms with E-state index in [2.05, 4.69) is 5.32 Å². The van der Waals surface area contributed by atoms with E-state index in [0.717, 1.165) is 11.3 Å². The molecular weight excluding hydrogens is 318 g/mol. The summed E-state index contributed by atoms with van der Waals surface area (Å²) in [4.78, 5) is 12.2. The molecule has 0 saturated heterocycles. The maximum atomic E-state index is 12.2. The summed E-state index contributed by atoms with van der Waals surface area (Å²) in [5, 5.41) is 2.87. The van der Waals surface area contributed by atoms with Gasteiger partial charge < -0.3 is 19.5 Å². The van der Waals surface area contributed by atoms with E-state index in [0.29, 0.717) is 18.0 Å². The molecular formula is C20H25NO4. The Morgan fingerprint density at radius 1 is 0.960 bits per heavy atom. The molecule has 0 aliphatic rings. The van der Waals surface area contributed by atoms with Crippen molar-refractivity contribution in [3.8, 4) is 17.2 Å². The molecule has 0 radical (unpaired) electrons. The molecule has 1 amide bonds. The molecule has 0 bridgehead atoms. The van der Waals surface area contributed by atoms with E-state index in [9.17, 15) is 4.79 Å². The molecule has 2 rings (SSSR count). The van der Waals surface area contributed by atoms with Gasteiger partial charge in [0.25, 0.3) is 5.91 Å². The molecule has 0 aromatic heterocycles. The fraction of sp³-hybridized carbons (Fsp3) is 0.350. The lowest BCUT2D eigenvalue weighted by atomic mass is 10.2. The van der Waals surface area contributed by atoms with Gasteiger partial charge in [0.2, 0.25) is 0 Å². The Labute approximate surface area is 148 Å². The molecule has 0 heterocycles. The number of amides is 1. The zero-order valence-corrected chi connectivity index (χ0v) is 15.1. The fourth-order valence-electron chi connectivity index (χ4n) is 2.25. The molecule has 134 valence electrons. The molecule has 5 heteroatoms. The van der Waals surface area contributed by atoms with Crippen molar-refractivity contribution < 1.29 is 19.0 Å². The maximum Gasteiger partial charge on any atom is 0.261 e. The smallest absolute Gasteiger partial charge is 0.261 e. The standard InChI is InChI=1S/C20H25NO4/c1-14(2)24-17-11-9-16(10-12-17)13-21-20(22)15(3)25-19-8-6-5-7-18(19)23-4/h5-12,14-15H,13H2,1-4H3,(H,21,22)/t15-/m1/s1. The fourth-order valence-corrected chi connectivity index (χ4v) is 2.25. The van der Waals surface area contributed by atoms with Crippen molar-refractivity contribution >= 4 is 5.91 Å². The Morgan fingerprint density at radius 3 is 2.20 bits per heavy atom. The first-order valence-corrected chi connectivity index (χ1v) is 8.32. The van der Waals surface area contributed by atoms with Gasteiger partial charge in [0.1, 0.15) is 5.75 Å². The second kappa shape index (κ2) is 8.97. The van der Waals surface area contributed by atoms with Crippen LogP contribution in [0.1, 0.15) is 26.3 Å². The van der Waals surface area contributed by atoms with E-state index in [-0.39, 0.29) is 12.0 Å². The highest BCUT2D eigenvalue weighted by Gasteiger charge is 2.16. The van der Waals surface area contributed by atoms with Crippen LogP contribution in [0.25, 0.3) is 0 Å². The Balaban J connectivity index is 1.86. The monoisotopic (exact) mass is 343 g/mol. The van der Waals surface area contributed by atoms with Crippen molar-refractivity contribution in [2.45, 2.75) is 39.5 Å². The van der Waals surface area contributed by atoms with Crippen molar-refractivity contribution in [2.75, 3.05) is 7.11 Å². The second-order valence-electron chi connectivity index (χ2n) is 5.94. The largest absolute Gasteiger partial charge is 0.493 e. The van der Waals surface area contributed by atoms with Crippen LogP contribution in [0.2, 0.25) is 0 Å². The van der Waals surface area contributed by atoms with Crippen molar-refractivity contribution in [1.29, 1.82) is 0 Å². The first-order valence-electron chi connectivity index (χ1n) is 8.32. The van der Waals surface area contributed by atoms with E-state index in [1.165, 1.54) is 0 Å². The maximum absolute atomic E-state index is 12.2. The highest BCUT2D eigenvalue weighted by molar-refractivity contribution is 5.80. The third kappa shape index (κ3) is 5.71. The summed E-state index contributed by atoms with van der Waals surface area (Å²) in [6, 6.07) is 14.9. The van der Waals surface area contributed by atoms with Crippen molar-refractivity contribution in [3.63, 3.8) is 0 Å². The summed E-state index contributed by atoms with van der Waals surface area (Å²) in [7, 11) is 1.57. The van der Waals surface area contributed by atoms with E-state index in [1.54, 1.807) is 26.2 Å². The van der Waals surface area contributed by atoms with Crippen LogP contribution in [-0.4, -0.2) is 25.2 Å². The number of ether oxygens (including phenoxy) is 3. The van der Waals surface area contributed by atoms with Gasteiger partial charge in [0, 0.05) is 6.54 Å². The summed E-state index contributed by atoms with van der Waals surface area (Å²) in [6.45, 7) is 6.11. The summed E-state index contributed by atoms with van der Waals surface area (Å²) < 4.78 is 16.5. The number of hydrogen-bond donors (Lipinski definition) is 1. The number of carbonyl (C=O) groups excluding carboxylic acids is 1. The number of rotatable bonds is 8. The second-order valence-corrected chi connectivity index (χ2v) is 5.94. The number of benzene rings is 2. The van der Waals surface area contributed by atoms with Gasteiger partial charge in [0.15, 0.2) is 17.6 Å². The molecule has 0 spiro atoms.